The van der Waals surface area contributed by atoms with Gasteiger partial charge in [-0.2, -0.15) is 0 Å². The number of aliphatic carboxylic acids is 1. The molecule has 0 aliphatic heterocycles. The van der Waals surface area contributed by atoms with Crippen molar-refractivity contribution in [2.45, 2.75) is 45.8 Å². The maximum atomic E-state index is 12.0. The van der Waals surface area contributed by atoms with E-state index in [1.807, 2.05) is 0 Å². The summed E-state index contributed by atoms with van der Waals surface area (Å²) < 4.78 is 5.27. The molecule has 0 aliphatic rings. The maximum absolute atomic E-state index is 12.0. The molecule has 1 amide bonds. The van der Waals surface area contributed by atoms with Gasteiger partial charge in [0.25, 0.3) is 0 Å². The standard InChI is InChI=1S/C16H21NO5/c1-10(18)17-13(14(19)20)9-11-6-5-7-12(8-11)15(21)22-16(2,3)4/h5-8,13H,9H2,1-4H3,(H,17,18)(H,19,20). The normalized spacial score (nSPS) is 12.4. The van der Waals surface area contributed by atoms with E-state index in [1.165, 1.54) is 6.92 Å². The second-order valence-electron chi connectivity index (χ2n) is 6.00. The highest BCUT2D eigenvalue weighted by atomic mass is 16.6. The van der Waals surface area contributed by atoms with Gasteiger partial charge in [-0.25, -0.2) is 9.59 Å². The number of hydrogen-bond donors (Lipinski definition) is 2. The van der Waals surface area contributed by atoms with Crippen LogP contribution in [0.3, 0.4) is 0 Å². The van der Waals surface area contributed by atoms with Crippen LogP contribution in [0.5, 0.6) is 0 Å². The van der Waals surface area contributed by atoms with Crippen LogP contribution in [0, 0.1) is 0 Å². The SMILES string of the molecule is CC(=O)NC(Cc1cccc(C(=O)OC(C)(C)C)c1)C(=O)O. The summed E-state index contributed by atoms with van der Waals surface area (Å²) in [5, 5.41) is 11.5. The van der Waals surface area contributed by atoms with Crippen LogP contribution >= 0.6 is 0 Å². The Morgan fingerprint density at radius 3 is 2.41 bits per heavy atom. The third kappa shape index (κ3) is 5.95. The maximum Gasteiger partial charge on any atom is 0.338 e. The minimum Gasteiger partial charge on any atom is -0.480 e. The van der Waals surface area contributed by atoms with Crippen LogP contribution in [0.4, 0.5) is 0 Å². The first-order valence-corrected chi connectivity index (χ1v) is 6.90. The second-order valence-corrected chi connectivity index (χ2v) is 6.00. The van der Waals surface area contributed by atoms with Gasteiger partial charge in [0.1, 0.15) is 11.6 Å². The molecule has 0 aromatic heterocycles. The number of nitrogens with one attached hydrogen (secondary N) is 1. The van der Waals surface area contributed by atoms with Crippen molar-refractivity contribution in [3.63, 3.8) is 0 Å². The molecule has 0 radical (unpaired) electrons. The molecule has 0 fully saturated rings. The third-order valence-electron chi connectivity index (χ3n) is 2.68. The van der Waals surface area contributed by atoms with Gasteiger partial charge in [0.15, 0.2) is 0 Å². The number of hydrogen-bond acceptors (Lipinski definition) is 4. The van der Waals surface area contributed by atoms with Crippen molar-refractivity contribution in [2.24, 2.45) is 0 Å². The number of carboxylic acids is 1. The van der Waals surface area contributed by atoms with Gasteiger partial charge in [-0.05, 0) is 38.5 Å². The van der Waals surface area contributed by atoms with E-state index in [-0.39, 0.29) is 6.42 Å². The summed E-state index contributed by atoms with van der Waals surface area (Å²) in [6.07, 6.45) is 0.0888. The molecule has 120 valence electrons. The minimum atomic E-state index is -1.13. The van der Waals surface area contributed by atoms with Crippen LogP contribution in [0.25, 0.3) is 0 Å². The lowest BCUT2D eigenvalue weighted by Crippen LogP contribution is -2.41. The molecule has 1 unspecified atom stereocenters. The number of esters is 1. The average molecular weight is 307 g/mol. The van der Waals surface area contributed by atoms with E-state index in [9.17, 15) is 14.4 Å². The van der Waals surface area contributed by atoms with E-state index in [4.69, 9.17) is 9.84 Å². The predicted octanol–water partition coefficient (Wildman–Crippen LogP) is 1.77. The van der Waals surface area contributed by atoms with Gasteiger partial charge in [-0.1, -0.05) is 12.1 Å². The fourth-order valence-electron chi connectivity index (χ4n) is 1.84. The van der Waals surface area contributed by atoms with Crippen molar-refractivity contribution < 1.29 is 24.2 Å². The molecule has 1 atom stereocenters. The first kappa shape index (κ1) is 17.7. The fourth-order valence-corrected chi connectivity index (χ4v) is 1.84. The summed E-state index contributed by atoms with van der Waals surface area (Å²) >= 11 is 0. The number of carbonyl (C=O) groups is 3. The van der Waals surface area contributed by atoms with Crippen LogP contribution in [-0.4, -0.2) is 34.6 Å². The third-order valence-corrected chi connectivity index (χ3v) is 2.68. The van der Waals surface area contributed by atoms with E-state index in [0.29, 0.717) is 11.1 Å². The van der Waals surface area contributed by atoms with Gasteiger partial charge < -0.3 is 15.2 Å². The Hall–Kier alpha value is -2.37. The van der Waals surface area contributed by atoms with E-state index in [0.717, 1.165) is 0 Å². The Labute approximate surface area is 129 Å². The molecular formula is C16H21NO5. The highest BCUT2D eigenvalue weighted by Gasteiger charge is 2.21. The topological polar surface area (TPSA) is 92.7 Å². The Morgan fingerprint density at radius 1 is 1.27 bits per heavy atom. The van der Waals surface area contributed by atoms with Crippen molar-refractivity contribution in [1.82, 2.24) is 5.32 Å². The van der Waals surface area contributed by atoms with Gasteiger partial charge in [0, 0.05) is 13.3 Å². The molecule has 1 aromatic rings. The zero-order chi connectivity index (χ0) is 16.9. The highest BCUT2D eigenvalue weighted by molar-refractivity contribution is 5.90. The van der Waals surface area contributed by atoms with Crippen molar-refractivity contribution in [3.8, 4) is 0 Å². The van der Waals surface area contributed by atoms with Gasteiger partial charge in [-0.15, -0.1) is 0 Å². The van der Waals surface area contributed by atoms with Crippen LogP contribution < -0.4 is 5.32 Å². The smallest absolute Gasteiger partial charge is 0.338 e. The molecule has 0 spiro atoms. The Morgan fingerprint density at radius 2 is 1.91 bits per heavy atom. The Kier molecular flexibility index (Phi) is 5.68. The lowest BCUT2D eigenvalue weighted by molar-refractivity contribution is -0.141. The summed E-state index contributed by atoms with van der Waals surface area (Å²) in [4.78, 5) is 34.2. The average Bonchev–Trinajstić information content (AvgIpc) is 2.35. The molecule has 0 bridgehead atoms. The molecule has 1 aromatic carbocycles. The number of amides is 1. The van der Waals surface area contributed by atoms with Crippen molar-refractivity contribution in [3.05, 3.63) is 35.4 Å². The fraction of sp³-hybridized carbons (Fsp3) is 0.438. The Balaban J connectivity index is 2.89. The zero-order valence-corrected chi connectivity index (χ0v) is 13.2. The van der Waals surface area contributed by atoms with E-state index in [1.54, 1.807) is 45.0 Å². The summed E-state index contributed by atoms with van der Waals surface area (Å²) in [5.41, 5.74) is 0.372. The molecule has 0 aliphatic carbocycles. The quantitative estimate of drug-likeness (QED) is 0.809. The number of ether oxygens (including phenoxy) is 1. The van der Waals surface area contributed by atoms with Crippen molar-refractivity contribution >= 4 is 17.8 Å². The first-order chi connectivity index (χ1) is 10.1. The van der Waals surface area contributed by atoms with Crippen molar-refractivity contribution in [1.29, 1.82) is 0 Å². The molecule has 1 rings (SSSR count). The van der Waals surface area contributed by atoms with E-state index in [2.05, 4.69) is 5.32 Å². The number of carboxylic acid groups (broad SMARTS) is 1. The first-order valence-electron chi connectivity index (χ1n) is 6.90. The zero-order valence-electron chi connectivity index (χ0n) is 13.2. The van der Waals surface area contributed by atoms with Gasteiger partial charge in [-0.3, -0.25) is 4.79 Å². The van der Waals surface area contributed by atoms with E-state index >= 15 is 0 Å². The van der Waals surface area contributed by atoms with Gasteiger partial charge in [0.2, 0.25) is 5.91 Å². The van der Waals surface area contributed by atoms with Gasteiger partial charge >= 0.3 is 11.9 Å². The van der Waals surface area contributed by atoms with Crippen LogP contribution in [0.2, 0.25) is 0 Å². The summed E-state index contributed by atoms with van der Waals surface area (Å²) in [6, 6.07) is 5.50. The Bertz CT molecular complexity index is 574. The minimum absolute atomic E-state index is 0.0888. The molecule has 0 saturated carbocycles. The molecular weight excluding hydrogens is 286 g/mol. The highest BCUT2D eigenvalue weighted by Crippen LogP contribution is 2.14. The van der Waals surface area contributed by atoms with Crippen LogP contribution in [0.15, 0.2) is 24.3 Å². The molecule has 22 heavy (non-hydrogen) atoms. The lowest BCUT2D eigenvalue weighted by Gasteiger charge is -2.20. The molecule has 6 heteroatoms. The van der Waals surface area contributed by atoms with Crippen LogP contribution in [-0.2, 0) is 20.7 Å². The summed E-state index contributed by atoms with van der Waals surface area (Å²) in [7, 11) is 0. The van der Waals surface area contributed by atoms with Crippen LogP contribution in [0.1, 0.15) is 43.6 Å². The monoisotopic (exact) mass is 307 g/mol. The summed E-state index contributed by atoms with van der Waals surface area (Å²) in [5.74, 6) is -2.02. The molecule has 0 saturated heterocycles. The second kappa shape index (κ2) is 7.06. The molecule has 2 N–H and O–H groups in total. The lowest BCUT2D eigenvalue weighted by atomic mass is 10.0. The van der Waals surface area contributed by atoms with Gasteiger partial charge in [0.05, 0.1) is 5.56 Å². The molecule has 6 nitrogen and oxygen atoms in total. The number of benzene rings is 1. The number of rotatable bonds is 5. The van der Waals surface area contributed by atoms with E-state index < -0.39 is 29.5 Å². The molecule has 0 heterocycles. The number of carbonyl (C=O) groups excluding carboxylic acids is 2. The predicted molar refractivity (Wildman–Crippen MR) is 80.6 cm³/mol. The van der Waals surface area contributed by atoms with Crippen molar-refractivity contribution in [2.75, 3.05) is 0 Å². The largest absolute Gasteiger partial charge is 0.480 e. The summed E-state index contributed by atoms with van der Waals surface area (Å²) in [6.45, 7) is 6.57.